The number of hydrogen-bond donors (Lipinski definition) is 0. The number of ether oxygens (including phenoxy) is 3. The second kappa shape index (κ2) is 55.2. The molecule has 0 fully saturated rings. The van der Waals surface area contributed by atoms with Crippen molar-refractivity contribution in [3.8, 4) is 0 Å². The molecule has 0 N–H and O–H groups in total. The van der Waals surface area contributed by atoms with Gasteiger partial charge in [0.05, 0.1) is 0 Å². The minimum absolute atomic E-state index is 0.0631. The van der Waals surface area contributed by atoms with Gasteiger partial charge in [0.15, 0.2) is 6.10 Å². The van der Waals surface area contributed by atoms with Gasteiger partial charge < -0.3 is 14.2 Å². The van der Waals surface area contributed by atoms with Gasteiger partial charge in [-0.25, -0.2) is 0 Å². The fourth-order valence-electron chi connectivity index (χ4n) is 9.82. The largest absolute Gasteiger partial charge is 0.462 e. The molecule has 0 aliphatic carbocycles. The van der Waals surface area contributed by atoms with E-state index < -0.39 is 6.10 Å². The van der Waals surface area contributed by atoms with Crippen molar-refractivity contribution in [3.05, 3.63) is 0 Å². The number of esters is 3. The van der Waals surface area contributed by atoms with Gasteiger partial charge in [0.25, 0.3) is 0 Å². The number of unbranched alkanes of at least 4 members (excludes halogenated alkanes) is 38. The van der Waals surface area contributed by atoms with Gasteiger partial charge in [-0.1, -0.05) is 318 Å². The third-order valence-electron chi connectivity index (χ3n) is 15.4. The summed E-state index contributed by atoms with van der Waals surface area (Å²) in [7, 11) is 0. The van der Waals surface area contributed by atoms with E-state index in [9.17, 15) is 14.4 Å². The predicted octanol–water partition coefficient (Wildman–Crippen LogP) is 21.1. The maximum atomic E-state index is 12.9. The monoisotopic (exact) mass is 989 g/mol. The molecule has 0 bridgehead atoms. The summed E-state index contributed by atoms with van der Waals surface area (Å²) in [6, 6.07) is 0. The topological polar surface area (TPSA) is 78.9 Å². The molecule has 0 saturated carbocycles. The van der Waals surface area contributed by atoms with Gasteiger partial charge in [0.1, 0.15) is 13.2 Å². The summed E-state index contributed by atoms with van der Waals surface area (Å²) in [5.74, 6) is 1.77. The van der Waals surface area contributed by atoms with Crippen molar-refractivity contribution in [2.45, 2.75) is 362 Å². The Balaban J connectivity index is 4.24. The highest BCUT2D eigenvalue weighted by atomic mass is 16.6. The van der Waals surface area contributed by atoms with Crippen molar-refractivity contribution in [1.82, 2.24) is 0 Å². The van der Waals surface area contributed by atoms with Crippen LogP contribution in [0.1, 0.15) is 356 Å². The van der Waals surface area contributed by atoms with Gasteiger partial charge in [-0.15, -0.1) is 0 Å². The molecule has 6 nitrogen and oxygen atoms in total. The van der Waals surface area contributed by atoms with Crippen LogP contribution in [0.25, 0.3) is 0 Å². The molecule has 0 aromatic rings. The Kier molecular flexibility index (Phi) is 53.9. The zero-order valence-corrected chi connectivity index (χ0v) is 48.3. The van der Waals surface area contributed by atoms with Gasteiger partial charge in [0, 0.05) is 19.3 Å². The molecule has 70 heavy (non-hydrogen) atoms. The molecular formula is C64H124O6. The Hall–Kier alpha value is -1.59. The summed E-state index contributed by atoms with van der Waals surface area (Å²) < 4.78 is 16.9. The highest BCUT2D eigenvalue weighted by Gasteiger charge is 2.19. The van der Waals surface area contributed by atoms with E-state index >= 15 is 0 Å². The Labute approximate surface area is 438 Å². The van der Waals surface area contributed by atoms with Crippen LogP contribution in [-0.4, -0.2) is 37.2 Å². The van der Waals surface area contributed by atoms with Crippen LogP contribution < -0.4 is 0 Å². The quantitative estimate of drug-likeness (QED) is 0.0343. The maximum absolute atomic E-state index is 12.9. The molecule has 0 aromatic carbocycles. The summed E-state index contributed by atoms with van der Waals surface area (Å²) in [4.78, 5) is 38.3. The van der Waals surface area contributed by atoms with Gasteiger partial charge in [-0.2, -0.15) is 0 Å². The number of hydrogen-bond acceptors (Lipinski definition) is 6. The highest BCUT2D eigenvalue weighted by Crippen LogP contribution is 2.20. The van der Waals surface area contributed by atoms with Crippen molar-refractivity contribution in [3.63, 3.8) is 0 Å². The summed E-state index contributed by atoms with van der Waals surface area (Å²) in [5, 5.41) is 0. The average Bonchev–Trinajstić information content (AvgIpc) is 3.35. The average molecular weight is 990 g/mol. The Morgan fingerprint density at radius 1 is 0.286 bits per heavy atom. The summed E-state index contributed by atoms with van der Waals surface area (Å²) >= 11 is 0. The van der Waals surface area contributed by atoms with Crippen LogP contribution in [0.5, 0.6) is 0 Å². The van der Waals surface area contributed by atoms with E-state index in [4.69, 9.17) is 14.2 Å². The zero-order chi connectivity index (χ0) is 51.2. The molecule has 0 aliphatic rings. The minimum Gasteiger partial charge on any atom is -0.462 e. The fourth-order valence-corrected chi connectivity index (χ4v) is 9.82. The van der Waals surface area contributed by atoms with Gasteiger partial charge in [-0.05, 0) is 37.0 Å². The second-order valence-corrected chi connectivity index (χ2v) is 23.0. The molecule has 0 heterocycles. The Bertz CT molecular complexity index is 1090. The summed E-state index contributed by atoms with van der Waals surface area (Å²) in [5.41, 5.74) is 0. The number of carbonyl (C=O) groups is 3. The smallest absolute Gasteiger partial charge is 0.306 e. The third kappa shape index (κ3) is 54.2. The lowest BCUT2D eigenvalue weighted by Crippen LogP contribution is -2.30. The first-order valence-corrected chi connectivity index (χ1v) is 31.7. The van der Waals surface area contributed by atoms with E-state index in [0.717, 1.165) is 75.5 Å². The van der Waals surface area contributed by atoms with Crippen LogP contribution in [0, 0.1) is 17.8 Å². The third-order valence-corrected chi connectivity index (χ3v) is 15.4. The molecule has 0 aliphatic heterocycles. The van der Waals surface area contributed by atoms with E-state index in [1.807, 2.05) is 0 Å². The van der Waals surface area contributed by atoms with Crippen molar-refractivity contribution < 1.29 is 28.6 Å². The van der Waals surface area contributed by atoms with Crippen molar-refractivity contribution in [2.24, 2.45) is 17.8 Å². The van der Waals surface area contributed by atoms with Crippen LogP contribution in [0.2, 0.25) is 0 Å². The van der Waals surface area contributed by atoms with Gasteiger partial charge in [-0.3, -0.25) is 14.4 Å². The lowest BCUT2D eigenvalue weighted by atomic mass is 9.99. The molecule has 0 saturated heterocycles. The van der Waals surface area contributed by atoms with E-state index in [1.54, 1.807) is 0 Å². The second-order valence-electron chi connectivity index (χ2n) is 23.0. The molecular weight excluding hydrogens is 865 g/mol. The molecule has 416 valence electrons. The standard InChI is InChI=1S/C64H124O6/c1-7-59(5)51-45-39-33-27-23-19-15-11-9-10-12-16-20-24-28-35-41-47-53-62(65)68-56-61(57-69-63(66)54-48-42-36-31-30-34-40-46-52-60(6)8-2)70-64(67)55-49-43-37-29-25-21-17-13-14-18-22-26-32-38-44-50-58(3)4/h58-61H,7-57H2,1-6H3/t59?,60?,61-/m1/s1. The summed E-state index contributed by atoms with van der Waals surface area (Å²) in [6.07, 6.45) is 59.5. The molecule has 0 radical (unpaired) electrons. The van der Waals surface area contributed by atoms with Crippen LogP contribution in [0.4, 0.5) is 0 Å². The van der Waals surface area contributed by atoms with E-state index in [0.29, 0.717) is 19.3 Å². The normalized spacial score (nSPS) is 12.9. The Morgan fingerprint density at radius 2 is 0.500 bits per heavy atom. The number of carbonyl (C=O) groups excluding carboxylic acids is 3. The molecule has 2 unspecified atom stereocenters. The lowest BCUT2D eigenvalue weighted by Gasteiger charge is -2.18. The van der Waals surface area contributed by atoms with Crippen molar-refractivity contribution >= 4 is 17.9 Å². The predicted molar refractivity (Wildman–Crippen MR) is 303 cm³/mol. The first kappa shape index (κ1) is 68.4. The molecule has 6 heteroatoms. The van der Waals surface area contributed by atoms with Crippen LogP contribution in [-0.2, 0) is 28.6 Å². The molecule has 0 spiro atoms. The number of rotatable bonds is 57. The highest BCUT2D eigenvalue weighted by molar-refractivity contribution is 5.71. The Morgan fingerprint density at radius 3 is 0.743 bits per heavy atom. The van der Waals surface area contributed by atoms with E-state index in [2.05, 4.69) is 41.5 Å². The van der Waals surface area contributed by atoms with Crippen LogP contribution >= 0.6 is 0 Å². The lowest BCUT2D eigenvalue weighted by molar-refractivity contribution is -0.167. The fraction of sp³-hybridized carbons (Fsp3) is 0.953. The molecule has 0 aromatic heterocycles. The first-order chi connectivity index (χ1) is 34.2. The van der Waals surface area contributed by atoms with Crippen LogP contribution in [0.15, 0.2) is 0 Å². The van der Waals surface area contributed by atoms with Crippen molar-refractivity contribution in [2.75, 3.05) is 13.2 Å². The van der Waals surface area contributed by atoms with E-state index in [1.165, 1.54) is 238 Å². The zero-order valence-electron chi connectivity index (χ0n) is 48.3. The van der Waals surface area contributed by atoms with Crippen molar-refractivity contribution in [1.29, 1.82) is 0 Å². The SMILES string of the molecule is CCC(C)CCCCCCCCCCCCCCCCCCCCC(=O)OC[C@H](COC(=O)CCCCCCCCCCC(C)CC)OC(=O)CCCCCCCCCCCCCCCCCC(C)C. The van der Waals surface area contributed by atoms with Crippen LogP contribution in [0.3, 0.4) is 0 Å². The van der Waals surface area contributed by atoms with Gasteiger partial charge >= 0.3 is 17.9 Å². The molecule has 0 rings (SSSR count). The molecule has 3 atom stereocenters. The first-order valence-electron chi connectivity index (χ1n) is 31.7. The minimum atomic E-state index is -0.764. The summed E-state index contributed by atoms with van der Waals surface area (Å²) in [6.45, 7) is 13.8. The van der Waals surface area contributed by atoms with E-state index in [-0.39, 0.29) is 31.1 Å². The van der Waals surface area contributed by atoms with Gasteiger partial charge in [0.2, 0.25) is 0 Å². The molecule has 0 amide bonds. The maximum Gasteiger partial charge on any atom is 0.306 e.